The standard InChI is InChI=1S/C8H14O/c1-3-4-5-6-8(2)7-9/h8-9H,5-7H2,1-2H3. The lowest BCUT2D eigenvalue weighted by molar-refractivity contribution is 0.231. The summed E-state index contributed by atoms with van der Waals surface area (Å²) in [4.78, 5) is 0. The van der Waals surface area contributed by atoms with E-state index in [1.54, 1.807) is 0 Å². The summed E-state index contributed by atoms with van der Waals surface area (Å²) in [5.41, 5.74) is 0. The Balaban J connectivity index is 3.13. The van der Waals surface area contributed by atoms with Gasteiger partial charge in [0.2, 0.25) is 0 Å². The molecule has 1 nitrogen and oxygen atoms in total. The van der Waals surface area contributed by atoms with Crippen LogP contribution in [0.1, 0.15) is 26.7 Å². The van der Waals surface area contributed by atoms with E-state index in [4.69, 9.17) is 5.11 Å². The zero-order valence-electron chi connectivity index (χ0n) is 6.15. The summed E-state index contributed by atoms with van der Waals surface area (Å²) in [6.45, 7) is 4.15. The van der Waals surface area contributed by atoms with Crippen molar-refractivity contribution in [1.82, 2.24) is 0 Å². The second-order valence-electron chi connectivity index (χ2n) is 2.25. The van der Waals surface area contributed by atoms with E-state index in [0.29, 0.717) is 5.92 Å². The van der Waals surface area contributed by atoms with Crippen LogP contribution < -0.4 is 0 Å². The van der Waals surface area contributed by atoms with Gasteiger partial charge in [0, 0.05) is 13.0 Å². The Hall–Kier alpha value is -0.480. The smallest absolute Gasteiger partial charge is 0.0456 e. The van der Waals surface area contributed by atoms with Gasteiger partial charge >= 0.3 is 0 Å². The first-order valence-corrected chi connectivity index (χ1v) is 3.31. The third kappa shape index (κ3) is 5.39. The summed E-state index contributed by atoms with van der Waals surface area (Å²) in [6, 6.07) is 0. The molecule has 1 heteroatoms. The normalized spacial score (nSPS) is 11.9. The fraction of sp³-hybridized carbons (Fsp3) is 0.750. The molecule has 0 aromatic rings. The van der Waals surface area contributed by atoms with Crippen LogP contribution in [0.5, 0.6) is 0 Å². The van der Waals surface area contributed by atoms with E-state index >= 15 is 0 Å². The summed E-state index contributed by atoms with van der Waals surface area (Å²) in [7, 11) is 0. The predicted molar refractivity (Wildman–Crippen MR) is 38.9 cm³/mol. The molecule has 0 heterocycles. The fourth-order valence-electron chi connectivity index (χ4n) is 0.535. The molecule has 0 aromatic carbocycles. The SMILES string of the molecule is CC#CCCC(C)CO. The lowest BCUT2D eigenvalue weighted by Gasteiger charge is -2.01. The van der Waals surface area contributed by atoms with Gasteiger partial charge in [0.15, 0.2) is 0 Å². The molecule has 0 saturated heterocycles. The van der Waals surface area contributed by atoms with Gasteiger partial charge in [-0.1, -0.05) is 6.92 Å². The van der Waals surface area contributed by atoms with Crippen molar-refractivity contribution in [2.24, 2.45) is 5.92 Å². The van der Waals surface area contributed by atoms with Crippen molar-refractivity contribution in [3.8, 4) is 11.8 Å². The topological polar surface area (TPSA) is 20.2 Å². The molecule has 0 aromatic heterocycles. The Kier molecular flexibility index (Phi) is 5.35. The number of aliphatic hydroxyl groups is 1. The lowest BCUT2D eigenvalue weighted by Crippen LogP contribution is -1.98. The zero-order valence-corrected chi connectivity index (χ0v) is 6.15. The Labute approximate surface area is 57.1 Å². The van der Waals surface area contributed by atoms with Crippen molar-refractivity contribution < 1.29 is 5.11 Å². The Bertz CT molecular complexity index is 107. The minimum atomic E-state index is 0.283. The van der Waals surface area contributed by atoms with Gasteiger partial charge < -0.3 is 5.11 Å². The second kappa shape index (κ2) is 5.65. The minimum Gasteiger partial charge on any atom is -0.396 e. The molecule has 0 rings (SSSR count). The van der Waals surface area contributed by atoms with Gasteiger partial charge in [-0.25, -0.2) is 0 Å². The molecule has 0 aliphatic rings. The highest BCUT2D eigenvalue weighted by Gasteiger charge is 1.95. The van der Waals surface area contributed by atoms with Crippen molar-refractivity contribution in [1.29, 1.82) is 0 Å². The van der Waals surface area contributed by atoms with E-state index in [0.717, 1.165) is 12.8 Å². The maximum absolute atomic E-state index is 8.59. The predicted octanol–water partition coefficient (Wildman–Crippen LogP) is 1.42. The average molecular weight is 126 g/mol. The maximum Gasteiger partial charge on any atom is 0.0456 e. The van der Waals surface area contributed by atoms with Crippen LogP contribution >= 0.6 is 0 Å². The number of rotatable bonds is 3. The average Bonchev–Trinajstić information content (AvgIpc) is 1.89. The first-order chi connectivity index (χ1) is 4.31. The summed E-state index contributed by atoms with van der Waals surface area (Å²) in [5.74, 6) is 6.18. The van der Waals surface area contributed by atoms with Gasteiger partial charge in [-0.2, -0.15) is 0 Å². The molecule has 0 aliphatic carbocycles. The third-order valence-corrected chi connectivity index (χ3v) is 1.25. The molecule has 52 valence electrons. The highest BCUT2D eigenvalue weighted by atomic mass is 16.3. The van der Waals surface area contributed by atoms with Crippen LogP contribution in [0, 0.1) is 17.8 Å². The van der Waals surface area contributed by atoms with Crippen LogP contribution in [-0.4, -0.2) is 11.7 Å². The third-order valence-electron chi connectivity index (χ3n) is 1.25. The van der Waals surface area contributed by atoms with Crippen LogP contribution in [0.2, 0.25) is 0 Å². The van der Waals surface area contributed by atoms with Crippen molar-refractivity contribution in [3.05, 3.63) is 0 Å². The molecule has 9 heavy (non-hydrogen) atoms. The minimum absolute atomic E-state index is 0.283. The summed E-state index contributed by atoms with van der Waals surface area (Å²) in [6.07, 6.45) is 1.93. The number of aliphatic hydroxyl groups excluding tert-OH is 1. The van der Waals surface area contributed by atoms with Crippen LogP contribution in [0.15, 0.2) is 0 Å². The second-order valence-corrected chi connectivity index (χ2v) is 2.25. The van der Waals surface area contributed by atoms with Crippen LogP contribution in [0.25, 0.3) is 0 Å². The fourth-order valence-corrected chi connectivity index (χ4v) is 0.535. The largest absolute Gasteiger partial charge is 0.396 e. The van der Waals surface area contributed by atoms with Gasteiger partial charge in [-0.3, -0.25) is 0 Å². The molecule has 0 radical (unpaired) electrons. The van der Waals surface area contributed by atoms with Crippen LogP contribution in [0.4, 0.5) is 0 Å². The van der Waals surface area contributed by atoms with Crippen LogP contribution in [0.3, 0.4) is 0 Å². The first-order valence-electron chi connectivity index (χ1n) is 3.31. The monoisotopic (exact) mass is 126 g/mol. The van der Waals surface area contributed by atoms with E-state index in [1.165, 1.54) is 0 Å². The molecular weight excluding hydrogens is 112 g/mol. The van der Waals surface area contributed by atoms with Gasteiger partial charge in [-0.15, -0.1) is 11.8 Å². The molecular formula is C8H14O. The first kappa shape index (κ1) is 8.52. The quantitative estimate of drug-likeness (QED) is 0.567. The number of hydrogen-bond donors (Lipinski definition) is 1. The molecule has 1 atom stereocenters. The van der Waals surface area contributed by atoms with Crippen molar-refractivity contribution >= 4 is 0 Å². The highest BCUT2D eigenvalue weighted by molar-refractivity contribution is 4.94. The number of hydrogen-bond acceptors (Lipinski definition) is 1. The van der Waals surface area contributed by atoms with E-state index in [1.807, 2.05) is 13.8 Å². The lowest BCUT2D eigenvalue weighted by atomic mass is 10.1. The molecule has 0 aliphatic heterocycles. The Morgan fingerprint density at radius 3 is 2.67 bits per heavy atom. The summed E-state index contributed by atoms with van der Waals surface area (Å²) in [5, 5.41) is 8.59. The molecule has 0 saturated carbocycles. The summed E-state index contributed by atoms with van der Waals surface area (Å²) < 4.78 is 0. The Morgan fingerprint density at radius 1 is 1.56 bits per heavy atom. The molecule has 1 N–H and O–H groups in total. The molecule has 0 fully saturated rings. The molecule has 0 spiro atoms. The van der Waals surface area contributed by atoms with Crippen molar-refractivity contribution in [3.63, 3.8) is 0 Å². The molecule has 0 bridgehead atoms. The Morgan fingerprint density at radius 2 is 2.22 bits per heavy atom. The van der Waals surface area contributed by atoms with E-state index < -0.39 is 0 Å². The zero-order chi connectivity index (χ0) is 7.11. The van der Waals surface area contributed by atoms with E-state index in [2.05, 4.69) is 11.8 Å². The van der Waals surface area contributed by atoms with Gasteiger partial charge in [0.25, 0.3) is 0 Å². The van der Waals surface area contributed by atoms with E-state index in [-0.39, 0.29) is 6.61 Å². The molecule has 0 amide bonds. The van der Waals surface area contributed by atoms with Crippen molar-refractivity contribution in [2.45, 2.75) is 26.7 Å². The summed E-state index contributed by atoms with van der Waals surface area (Å²) >= 11 is 0. The van der Waals surface area contributed by atoms with E-state index in [9.17, 15) is 0 Å². The van der Waals surface area contributed by atoms with Crippen LogP contribution in [-0.2, 0) is 0 Å². The highest BCUT2D eigenvalue weighted by Crippen LogP contribution is 2.01. The van der Waals surface area contributed by atoms with Crippen molar-refractivity contribution in [2.75, 3.05) is 6.61 Å². The maximum atomic E-state index is 8.59. The van der Waals surface area contributed by atoms with Gasteiger partial charge in [-0.05, 0) is 19.3 Å². The van der Waals surface area contributed by atoms with Gasteiger partial charge in [0.1, 0.15) is 0 Å². The molecule has 1 unspecified atom stereocenters. The van der Waals surface area contributed by atoms with Gasteiger partial charge in [0.05, 0.1) is 0 Å².